The predicted octanol–water partition coefficient (Wildman–Crippen LogP) is 3.98. The molecule has 1 amide bonds. The van der Waals surface area contributed by atoms with Crippen LogP contribution in [0.15, 0.2) is 53.4 Å². The van der Waals surface area contributed by atoms with E-state index in [0.717, 1.165) is 31.2 Å². The molecule has 1 fully saturated rings. The van der Waals surface area contributed by atoms with Crippen LogP contribution in [-0.4, -0.2) is 43.7 Å². The Morgan fingerprint density at radius 1 is 1.00 bits per heavy atom. The molecule has 1 aliphatic heterocycles. The monoisotopic (exact) mass is 432 g/mol. The predicted molar refractivity (Wildman–Crippen MR) is 115 cm³/mol. The maximum absolute atomic E-state index is 13.8. The second kappa shape index (κ2) is 10.2. The summed E-state index contributed by atoms with van der Waals surface area (Å²) in [6, 6.07) is 13.2. The number of rotatable bonds is 7. The van der Waals surface area contributed by atoms with Crippen LogP contribution in [0.5, 0.6) is 0 Å². The van der Waals surface area contributed by atoms with E-state index in [0.29, 0.717) is 30.0 Å². The van der Waals surface area contributed by atoms with Crippen LogP contribution in [0.1, 0.15) is 43.2 Å². The molecule has 5 nitrogen and oxygen atoms in total. The molecular weight excluding hydrogens is 403 g/mol. The molecule has 7 heteroatoms. The van der Waals surface area contributed by atoms with Gasteiger partial charge in [0.25, 0.3) is 0 Å². The maximum atomic E-state index is 13.8. The summed E-state index contributed by atoms with van der Waals surface area (Å²) >= 11 is 0. The van der Waals surface area contributed by atoms with Gasteiger partial charge in [0.1, 0.15) is 5.82 Å². The highest BCUT2D eigenvalue weighted by Gasteiger charge is 2.25. The lowest BCUT2D eigenvalue weighted by Gasteiger charge is -2.20. The minimum atomic E-state index is -3.46. The summed E-state index contributed by atoms with van der Waals surface area (Å²) in [5.41, 5.74) is 1.38. The lowest BCUT2D eigenvalue weighted by molar-refractivity contribution is -0.130. The van der Waals surface area contributed by atoms with E-state index in [9.17, 15) is 17.6 Å². The molecule has 1 saturated heterocycles. The van der Waals surface area contributed by atoms with E-state index in [2.05, 4.69) is 0 Å². The SMILES string of the molecule is CN(Cc1ccccc1F)C(=O)CCc1ccc(S(=O)(=O)N2CCCCCC2)cc1. The first-order chi connectivity index (χ1) is 14.4. The average molecular weight is 433 g/mol. The summed E-state index contributed by atoms with van der Waals surface area (Å²) in [7, 11) is -1.80. The molecule has 0 unspecified atom stereocenters. The summed E-state index contributed by atoms with van der Waals surface area (Å²) in [5, 5.41) is 0. The van der Waals surface area contributed by atoms with Crippen molar-refractivity contribution in [2.45, 2.75) is 50.0 Å². The Morgan fingerprint density at radius 3 is 2.27 bits per heavy atom. The first kappa shape index (κ1) is 22.4. The Morgan fingerprint density at radius 2 is 1.63 bits per heavy atom. The van der Waals surface area contributed by atoms with Crippen molar-refractivity contribution in [3.05, 3.63) is 65.5 Å². The Kier molecular flexibility index (Phi) is 7.61. The zero-order chi connectivity index (χ0) is 21.6. The molecule has 0 aliphatic carbocycles. The van der Waals surface area contributed by atoms with Crippen molar-refractivity contribution in [1.29, 1.82) is 0 Å². The number of carbonyl (C=O) groups is 1. The number of benzene rings is 2. The largest absolute Gasteiger partial charge is 0.341 e. The van der Waals surface area contributed by atoms with E-state index in [1.807, 2.05) is 0 Å². The number of amides is 1. The smallest absolute Gasteiger partial charge is 0.243 e. The topological polar surface area (TPSA) is 57.7 Å². The van der Waals surface area contributed by atoms with Crippen LogP contribution in [0.25, 0.3) is 0 Å². The highest BCUT2D eigenvalue weighted by atomic mass is 32.2. The van der Waals surface area contributed by atoms with E-state index in [-0.39, 0.29) is 24.7 Å². The Bertz CT molecular complexity index is 953. The average Bonchev–Trinajstić information content (AvgIpc) is 3.04. The van der Waals surface area contributed by atoms with Crippen molar-refractivity contribution >= 4 is 15.9 Å². The molecule has 3 rings (SSSR count). The van der Waals surface area contributed by atoms with Gasteiger partial charge in [-0.3, -0.25) is 4.79 Å². The number of hydrogen-bond acceptors (Lipinski definition) is 3. The number of halogens is 1. The summed E-state index contributed by atoms with van der Waals surface area (Å²) in [6.45, 7) is 1.37. The molecule has 0 N–H and O–H groups in total. The Balaban J connectivity index is 1.56. The van der Waals surface area contributed by atoms with Gasteiger partial charge in [0.2, 0.25) is 15.9 Å². The van der Waals surface area contributed by atoms with Crippen LogP contribution in [0.2, 0.25) is 0 Å². The molecule has 0 radical (unpaired) electrons. The third-order valence-electron chi connectivity index (χ3n) is 5.54. The molecule has 1 aliphatic rings. The molecule has 162 valence electrons. The van der Waals surface area contributed by atoms with Gasteiger partial charge in [0.05, 0.1) is 4.90 Å². The van der Waals surface area contributed by atoms with Crippen LogP contribution in [-0.2, 0) is 27.8 Å². The van der Waals surface area contributed by atoms with Gasteiger partial charge in [-0.25, -0.2) is 12.8 Å². The molecule has 1 heterocycles. The lowest BCUT2D eigenvalue weighted by atomic mass is 10.1. The Hall–Kier alpha value is -2.25. The van der Waals surface area contributed by atoms with Crippen LogP contribution in [0.4, 0.5) is 4.39 Å². The van der Waals surface area contributed by atoms with E-state index in [1.54, 1.807) is 53.8 Å². The normalized spacial score (nSPS) is 15.5. The van der Waals surface area contributed by atoms with Gasteiger partial charge in [-0.05, 0) is 43.0 Å². The molecule has 0 saturated carbocycles. The molecule has 0 spiro atoms. The van der Waals surface area contributed by atoms with Crippen LogP contribution in [0, 0.1) is 5.82 Å². The fraction of sp³-hybridized carbons (Fsp3) is 0.435. The molecule has 0 atom stereocenters. The zero-order valence-electron chi connectivity index (χ0n) is 17.4. The molecular formula is C23H29FN2O3S. The summed E-state index contributed by atoms with van der Waals surface area (Å²) in [5.74, 6) is -0.405. The minimum Gasteiger partial charge on any atom is -0.341 e. The number of carbonyl (C=O) groups excluding carboxylic acids is 1. The summed E-state index contributed by atoms with van der Waals surface area (Å²) < 4.78 is 41.0. The second-order valence-corrected chi connectivity index (χ2v) is 9.74. The lowest BCUT2D eigenvalue weighted by Crippen LogP contribution is -2.31. The van der Waals surface area contributed by atoms with Gasteiger partial charge in [-0.15, -0.1) is 0 Å². The highest BCUT2D eigenvalue weighted by Crippen LogP contribution is 2.21. The molecule has 0 bridgehead atoms. The van der Waals surface area contributed by atoms with Crippen molar-refractivity contribution < 1.29 is 17.6 Å². The molecule has 30 heavy (non-hydrogen) atoms. The minimum absolute atomic E-state index is 0.0838. The van der Waals surface area contributed by atoms with Crippen molar-refractivity contribution in [1.82, 2.24) is 9.21 Å². The summed E-state index contributed by atoms with van der Waals surface area (Å²) in [4.78, 5) is 14.2. The second-order valence-electron chi connectivity index (χ2n) is 7.80. The van der Waals surface area contributed by atoms with Gasteiger partial charge in [0, 0.05) is 38.7 Å². The standard InChI is InChI=1S/C23H29FN2O3S/c1-25(18-20-8-4-5-9-22(20)24)23(27)15-12-19-10-13-21(14-11-19)30(28,29)26-16-6-2-3-7-17-26/h4-5,8-11,13-14H,2-3,6-7,12,15-18H2,1H3. The van der Waals surface area contributed by atoms with E-state index in [4.69, 9.17) is 0 Å². The first-order valence-electron chi connectivity index (χ1n) is 10.4. The maximum Gasteiger partial charge on any atom is 0.243 e. The fourth-order valence-electron chi connectivity index (χ4n) is 3.67. The van der Waals surface area contributed by atoms with E-state index >= 15 is 0 Å². The van der Waals surface area contributed by atoms with Crippen molar-refractivity contribution in [3.8, 4) is 0 Å². The molecule has 2 aromatic rings. The molecule has 0 aromatic heterocycles. The van der Waals surface area contributed by atoms with Gasteiger partial charge in [-0.1, -0.05) is 43.2 Å². The highest BCUT2D eigenvalue weighted by molar-refractivity contribution is 7.89. The van der Waals surface area contributed by atoms with E-state index in [1.165, 1.54) is 11.0 Å². The van der Waals surface area contributed by atoms with Crippen molar-refractivity contribution in [3.63, 3.8) is 0 Å². The zero-order valence-corrected chi connectivity index (χ0v) is 18.2. The number of nitrogens with zero attached hydrogens (tertiary/aromatic N) is 2. The van der Waals surface area contributed by atoms with Crippen LogP contribution in [0.3, 0.4) is 0 Å². The van der Waals surface area contributed by atoms with Gasteiger partial charge in [-0.2, -0.15) is 4.31 Å². The van der Waals surface area contributed by atoms with Gasteiger partial charge < -0.3 is 4.90 Å². The number of hydrogen-bond donors (Lipinski definition) is 0. The van der Waals surface area contributed by atoms with Crippen molar-refractivity contribution in [2.24, 2.45) is 0 Å². The third kappa shape index (κ3) is 5.67. The van der Waals surface area contributed by atoms with Crippen LogP contribution >= 0.6 is 0 Å². The van der Waals surface area contributed by atoms with E-state index < -0.39 is 10.0 Å². The number of aryl methyl sites for hydroxylation is 1. The van der Waals surface area contributed by atoms with Gasteiger partial charge in [0.15, 0.2) is 0 Å². The molecule has 2 aromatic carbocycles. The first-order valence-corrected chi connectivity index (χ1v) is 11.9. The Labute approximate surface area is 178 Å². The fourth-order valence-corrected chi connectivity index (χ4v) is 5.19. The van der Waals surface area contributed by atoms with Gasteiger partial charge >= 0.3 is 0 Å². The number of sulfonamides is 1. The quantitative estimate of drug-likeness (QED) is 0.665. The third-order valence-corrected chi connectivity index (χ3v) is 7.46. The van der Waals surface area contributed by atoms with Crippen LogP contribution < -0.4 is 0 Å². The van der Waals surface area contributed by atoms with Crippen molar-refractivity contribution in [2.75, 3.05) is 20.1 Å². The summed E-state index contributed by atoms with van der Waals surface area (Å²) in [6.07, 6.45) is 4.74.